The largest absolute Gasteiger partial charge is 0.351 e. The number of hydrogen-bond acceptors (Lipinski definition) is 8. The first-order valence-corrected chi connectivity index (χ1v) is 8.58. The highest BCUT2D eigenvalue weighted by Gasteiger charge is 2.33. The molecule has 1 saturated heterocycles. The number of anilines is 2. The molecule has 27 heavy (non-hydrogen) atoms. The lowest BCUT2D eigenvalue weighted by atomic mass is 10.1. The smallest absolute Gasteiger partial charge is 0.264 e. The molecule has 0 spiro atoms. The summed E-state index contributed by atoms with van der Waals surface area (Å²) in [4.78, 5) is 25.6. The van der Waals surface area contributed by atoms with Crippen LogP contribution < -0.4 is 15.4 Å². The third kappa shape index (κ3) is 2.40. The number of hydrogen-bond donors (Lipinski definition) is 0. The molecule has 0 aliphatic carbocycles. The Morgan fingerprint density at radius 3 is 2.93 bits per heavy atom. The third-order valence-corrected chi connectivity index (χ3v) is 5.02. The standard InChI is InChI=1S/C17H17N9O/c1-23(17-20-15-12(4-3-7-18-15)16(27)24(17)2)11-8-25(9-11)14-6-5-13-21-19-10-26(13)22-14/h3-7,10-11H,8-9H2,1-2H3. The van der Waals surface area contributed by atoms with Gasteiger partial charge in [-0.05, 0) is 24.3 Å². The van der Waals surface area contributed by atoms with Crippen molar-refractivity contribution in [2.24, 2.45) is 7.05 Å². The van der Waals surface area contributed by atoms with Crippen molar-refractivity contribution in [2.45, 2.75) is 6.04 Å². The quantitative estimate of drug-likeness (QED) is 0.505. The highest BCUT2D eigenvalue weighted by molar-refractivity contribution is 5.74. The number of pyridine rings is 1. The zero-order chi connectivity index (χ0) is 18.5. The van der Waals surface area contributed by atoms with Crippen LogP contribution in [0.3, 0.4) is 0 Å². The van der Waals surface area contributed by atoms with E-state index in [4.69, 9.17) is 0 Å². The monoisotopic (exact) mass is 363 g/mol. The van der Waals surface area contributed by atoms with Crippen LogP contribution >= 0.6 is 0 Å². The van der Waals surface area contributed by atoms with E-state index in [1.54, 1.807) is 40.8 Å². The molecule has 0 bridgehead atoms. The van der Waals surface area contributed by atoms with E-state index in [1.165, 1.54) is 0 Å². The molecule has 1 fully saturated rings. The first kappa shape index (κ1) is 15.7. The Labute approximate surface area is 153 Å². The van der Waals surface area contributed by atoms with Gasteiger partial charge in [-0.15, -0.1) is 15.3 Å². The second-order valence-corrected chi connectivity index (χ2v) is 6.65. The summed E-state index contributed by atoms with van der Waals surface area (Å²) in [6.07, 6.45) is 3.24. The molecule has 136 valence electrons. The molecule has 5 heterocycles. The average molecular weight is 363 g/mol. The molecule has 5 rings (SSSR count). The van der Waals surface area contributed by atoms with Crippen molar-refractivity contribution in [2.75, 3.05) is 29.9 Å². The van der Waals surface area contributed by atoms with E-state index in [0.29, 0.717) is 17.0 Å². The predicted octanol–water partition coefficient (Wildman–Crippen LogP) is 0.0912. The highest BCUT2D eigenvalue weighted by Crippen LogP contribution is 2.24. The third-order valence-electron chi connectivity index (χ3n) is 5.02. The van der Waals surface area contributed by atoms with E-state index < -0.39 is 0 Å². The van der Waals surface area contributed by atoms with Crippen LogP contribution in [0.2, 0.25) is 0 Å². The van der Waals surface area contributed by atoms with E-state index in [0.717, 1.165) is 24.6 Å². The minimum atomic E-state index is -0.0918. The maximum atomic E-state index is 12.6. The number of nitrogens with zero attached hydrogens (tertiary/aromatic N) is 9. The number of aromatic nitrogens is 7. The predicted molar refractivity (Wildman–Crippen MR) is 100.0 cm³/mol. The van der Waals surface area contributed by atoms with Crippen LogP contribution in [0.5, 0.6) is 0 Å². The van der Waals surface area contributed by atoms with E-state index in [-0.39, 0.29) is 11.6 Å². The Morgan fingerprint density at radius 1 is 1.22 bits per heavy atom. The van der Waals surface area contributed by atoms with E-state index in [9.17, 15) is 4.79 Å². The number of rotatable bonds is 3. The van der Waals surface area contributed by atoms with Gasteiger partial charge in [-0.1, -0.05) is 0 Å². The summed E-state index contributed by atoms with van der Waals surface area (Å²) in [5, 5.41) is 12.9. The molecule has 1 aliphatic heterocycles. The van der Waals surface area contributed by atoms with Gasteiger partial charge in [-0.25, -0.2) is 4.98 Å². The molecule has 0 N–H and O–H groups in total. The van der Waals surface area contributed by atoms with Crippen molar-refractivity contribution in [3.63, 3.8) is 0 Å². The van der Waals surface area contributed by atoms with Gasteiger partial charge in [0.25, 0.3) is 5.56 Å². The molecular formula is C17H17N9O. The van der Waals surface area contributed by atoms with Crippen molar-refractivity contribution in [1.29, 1.82) is 0 Å². The SMILES string of the molecule is CN(c1nc2ncccc2c(=O)n1C)C1CN(c2ccc3nncn3n2)C1. The Hall–Kier alpha value is -3.56. The van der Waals surface area contributed by atoms with Crippen molar-refractivity contribution >= 4 is 28.4 Å². The Morgan fingerprint density at radius 2 is 2.07 bits per heavy atom. The van der Waals surface area contributed by atoms with Gasteiger partial charge in [0.15, 0.2) is 11.3 Å². The van der Waals surface area contributed by atoms with Crippen molar-refractivity contribution in [3.8, 4) is 0 Å². The van der Waals surface area contributed by atoms with Gasteiger partial charge >= 0.3 is 0 Å². The first-order chi connectivity index (χ1) is 13.1. The number of likely N-dealkylation sites (N-methyl/N-ethyl adjacent to an activating group) is 1. The molecular weight excluding hydrogens is 346 g/mol. The summed E-state index contributed by atoms with van der Waals surface area (Å²) in [5.74, 6) is 1.48. The maximum absolute atomic E-state index is 12.6. The van der Waals surface area contributed by atoms with E-state index in [2.05, 4.69) is 30.2 Å². The summed E-state index contributed by atoms with van der Waals surface area (Å²) < 4.78 is 3.24. The lowest BCUT2D eigenvalue weighted by Gasteiger charge is -2.45. The minimum Gasteiger partial charge on any atom is -0.351 e. The lowest BCUT2D eigenvalue weighted by Crippen LogP contribution is -2.60. The van der Waals surface area contributed by atoms with Crippen molar-refractivity contribution < 1.29 is 0 Å². The number of fused-ring (bicyclic) bond motifs is 2. The second-order valence-electron chi connectivity index (χ2n) is 6.65. The molecule has 0 amide bonds. The highest BCUT2D eigenvalue weighted by atomic mass is 16.1. The van der Waals surface area contributed by atoms with Crippen LogP contribution in [0.4, 0.5) is 11.8 Å². The fraction of sp³-hybridized carbons (Fsp3) is 0.294. The zero-order valence-corrected chi connectivity index (χ0v) is 14.9. The molecule has 0 atom stereocenters. The molecule has 10 heteroatoms. The Kier molecular flexibility index (Phi) is 3.33. The van der Waals surface area contributed by atoms with Gasteiger partial charge in [-0.3, -0.25) is 9.36 Å². The van der Waals surface area contributed by atoms with E-state index in [1.807, 2.05) is 24.1 Å². The molecule has 0 unspecified atom stereocenters. The van der Waals surface area contributed by atoms with Crippen LogP contribution in [0, 0.1) is 0 Å². The molecule has 4 aromatic heterocycles. The summed E-state index contributed by atoms with van der Waals surface area (Å²) in [6, 6.07) is 7.56. The van der Waals surface area contributed by atoms with Crippen molar-refractivity contribution in [1.82, 2.24) is 34.3 Å². The zero-order valence-electron chi connectivity index (χ0n) is 14.9. The van der Waals surface area contributed by atoms with Gasteiger partial charge in [0.2, 0.25) is 5.95 Å². The van der Waals surface area contributed by atoms with Gasteiger partial charge < -0.3 is 9.80 Å². The van der Waals surface area contributed by atoms with Crippen LogP contribution in [0.15, 0.2) is 41.6 Å². The normalized spacial score (nSPS) is 14.7. The summed E-state index contributed by atoms with van der Waals surface area (Å²) in [5.41, 5.74) is 1.10. The molecule has 0 aromatic carbocycles. The van der Waals surface area contributed by atoms with Crippen molar-refractivity contribution in [3.05, 3.63) is 47.1 Å². The van der Waals surface area contributed by atoms with Crippen LogP contribution in [0.1, 0.15) is 0 Å². The molecule has 4 aromatic rings. The first-order valence-electron chi connectivity index (χ1n) is 8.58. The van der Waals surface area contributed by atoms with Gasteiger partial charge in [-0.2, -0.15) is 9.50 Å². The fourth-order valence-corrected chi connectivity index (χ4v) is 3.35. The van der Waals surface area contributed by atoms with Gasteiger partial charge in [0.05, 0.1) is 11.4 Å². The fourth-order valence-electron chi connectivity index (χ4n) is 3.35. The summed E-state index contributed by atoms with van der Waals surface area (Å²) in [6.45, 7) is 1.57. The maximum Gasteiger partial charge on any atom is 0.264 e. The second kappa shape index (κ2) is 5.73. The van der Waals surface area contributed by atoms with E-state index >= 15 is 0 Å². The summed E-state index contributed by atoms with van der Waals surface area (Å²) >= 11 is 0. The van der Waals surface area contributed by atoms with Gasteiger partial charge in [0.1, 0.15) is 12.1 Å². The van der Waals surface area contributed by atoms with Crippen LogP contribution in [-0.2, 0) is 7.05 Å². The van der Waals surface area contributed by atoms with Crippen LogP contribution in [0.25, 0.3) is 16.7 Å². The topological polar surface area (TPSA) is 97.3 Å². The average Bonchev–Trinajstić information content (AvgIpc) is 3.11. The Balaban J connectivity index is 1.40. The molecule has 1 aliphatic rings. The Bertz CT molecular complexity index is 1210. The van der Waals surface area contributed by atoms with Crippen LogP contribution in [-0.4, -0.2) is 60.5 Å². The lowest BCUT2D eigenvalue weighted by molar-refractivity contribution is 0.479. The minimum absolute atomic E-state index is 0.0918. The molecule has 0 radical (unpaired) electrons. The summed E-state index contributed by atoms with van der Waals surface area (Å²) in [7, 11) is 3.69. The van der Waals surface area contributed by atoms with Gasteiger partial charge in [0, 0.05) is 33.4 Å². The molecule has 10 nitrogen and oxygen atoms in total. The molecule has 0 saturated carbocycles.